The van der Waals surface area contributed by atoms with E-state index in [1.54, 1.807) is 12.1 Å². The first-order chi connectivity index (χ1) is 9.52. The number of likely N-dealkylation sites (N-methyl/N-ethyl adjacent to an activating group) is 2. The van der Waals surface area contributed by atoms with E-state index in [1.807, 2.05) is 14.1 Å². The normalized spacial score (nSPS) is 23.4. The van der Waals surface area contributed by atoms with Gasteiger partial charge in [-0.2, -0.15) is 0 Å². The van der Waals surface area contributed by atoms with Crippen molar-refractivity contribution in [2.75, 3.05) is 40.8 Å². The van der Waals surface area contributed by atoms with Crippen molar-refractivity contribution >= 4 is 0 Å². The second-order valence-electron chi connectivity index (χ2n) is 5.50. The number of aliphatic hydroxyl groups excluding tert-OH is 1. The van der Waals surface area contributed by atoms with Gasteiger partial charge in [0.05, 0.1) is 19.3 Å². The van der Waals surface area contributed by atoms with Crippen molar-refractivity contribution in [2.24, 2.45) is 0 Å². The monoisotopic (exact) mass is 282 g/mol. The van der Waals surface area contributed by atoms with E-state index in [-0.39, 0.29) is 6.04 Å². The molecule has 2 atom stereocenters. The zero-order chi connectivity index (χ0) is 14.7. The summed E-state index contributed by atoms with van der Waals surface area (Å²) in [5, 5.41) is 10.6. The van der Waals surface area contributed by atoms with E-state index in [9.17, 15) is 9.50 Å². The Bertz CT molecular complexity index is 455. The molecule has 1 aromatic rings. The number of hydrogen-bond donors (Lipinski definition) is 1. The number of hydrogen-bond acceptors (Lipinski definition) is 4. The smallest absolute Gasteiger partial charge is 0.132 e. The molecule has 1 aliphatic heterocycles. The number of aliphatic hydroxyl groups is 1. The van der Waals surface area contributed by atoms with Gasteiger partial charge in [0.1, 0.15) is 11.6 Å². The van der Waals surface area contributed by atoms with Gasteiger partial charge in [0.25, 0.3) is 0 Å². The predicted molar refractivity (Wildman–Crippen MR) is 76.4 cm³/mol. The molecule has 0 saturated carbocycles. The van der Waals surface area contributed by atoms with E-state index >= 15 is 0 Å². The van der Waals surface area contributed by atoms with Gasteiger partial charge in [-0.25, -0.2) is 4.39 Å². The van der Waals surface area contributed by atoms with Crippen LogP contribution in [0.15, 0.2) is 18.2 Å². The summed E-state index contributed by atoms with van der Waals surface area (Å²) >= 11 is 0. The molecule has 0 aromatic heterocycles. The van der Waals surface area contributed by atoms with Gasteiger partial charge in [0.2, 0.25) is 0 Å². The van der Waals surface area contributed by atoms with Gasteiger partial charge in [0, 0.05) is 18.2 Å². The molecule has 1 aromatic carbocycles. The van der Waals surface area contributed by atoms with Crippen LogP contribution in [0.3, 0.4) is 0 Å². The lowest BCUT2D eigenvalue weighted by molar-refractivity contribution is 0.0547. The van der Waals surface area contributed by atoms with Crippen LogP contribution in [0.5, 0.6) is 5.75 Å². The summed E-state index contributed by atoms with van der Waals surface area (Å²) in [7, 11) is 5.51. The highest BCUT2D eigenvalue weighted by Gasteiger charge is 2.29. The molecular weight excluding hydrogens is 259 g/mol. The molecule has 0 amide bonds. The highest BCUT2D eigenvalue weighted by atomic mass is 19.1. The molecule has 0 spiro atoms. The highest BCUT2D eigenvalue weighted by Crippen LogP contribution is 2.27. The fraction of sp³-hybridized carbons (Fsp3) is 0.600. The summed E-state index contributed by atoms with van der Waals surface area (Å²) in [4.78, 5) is 4.29. The lowest BCUT2D eigenvalue weighted by Crippen LogP contribution is -2.42. The Kier molecular flexibility index (Phi) is 4.96. The second kappa shape index (κ2) is 6.52. The minimum atomic E-state index is -0.841. The molecule has 2 unspecified atom stereocenters. The molecule has 1 aliphatic rings. The average Bonchev–Trinajstić information content (AvgIpc) is 2.59. The first kappa shape index (κ1) is 15.2. The SMILES string of the molecule is COc1ccc(C(O)C2CN(C)CCCN2C)c(F)c1. The van der Waals surface area contributed by atoms with Gasteiger partial charge in [-0.15, -0.1) is 0 Å². The van der Waals surface area contributed by atoms with Gasteiger partial charge in [-0.05, 0) is 45.7 Å². The molecule has 1 heterocycles. The van der Waals surface area contributed by atoms with Crippen molar-refractivity contribution in [1.82, 2.24) is 9.80 Å². The first-order valence-corrected chi connectivity index (χ1v) is 6.93. The third kappa shape index (κ3) is 3.29. The maximum Gasteiger partial charge on any atom is 0.132 e. The standard InChI is InChI=1S/C15H23FN2O2/c1-17-7-4-8-18(2)14(10-17)15(19)12-6-5-11(20-3)9-13(12)16/h5-6,9,14-15,19H,4,7-8,10H2,1-3H3. The minimum absolute atomic E-state index is 0.106. The third-order valence-electron chi connectivity index (χ3n) is 4.01. The van der Waals surface area contributed by atoms with E-state index in [0.717, 1.165) is 26.1 Å². The number of rotatable bonds is 3. The van der Waals surface area contributed by atoms with Crippen molar-refractivity contribution in [2.45, 2.75) is 18.6 Å². The zero-order valence-corrected chi connectivity index (χ0v) is 12.3. The number of ether oxygens (including phenoxy) is 1. The Balaban J connectivity index is 2.22. The minimum Gasteiger partial charge on any atom is -0.497 e. The quantitative estimate of drug-likeness (QED) is 0.911. The van der Waals surface area contributed by atoms with Crippen molar-refractivity contribution in [3.63, 3.8) is 0 Å². The molecule has 1 fully saturated rings. The summed E-state index contributed by atoms with van der Waals surface area (Å²) < 4.78 is 19.1. The van der Waals surface area contributed by atoms with Crippen molar-refractivity contribution in [1.29, 1.82) is 0 Å². The molecule has 2 rings (SSSR count). The van der Waals surface area contributed by atoms with Crippen LogP contribution in [0.1, 0.15) is 18.1 Å². The van der Waals surface area contributed by atoms with Crippen LogP contribution >= 0.6 is 0 Å². The fourth-order valence-electron chi connectivity index (χ4n) is 2.73. The topological polar surface area (TPSA) is 35.9 Å². The van der Waals surface area contributed by atoms with E-state index in [4.69, 9.17) is 4.74 Å². The fourth-order valence-corrected chi connectivity index (χ4v) is 2.73. The Morgan fingerprint density at radius 1 is 1.35 bits per heavy atom. The molecule has 1 N–H and O–H groups in total. The molecule has 0 aliphatic carbocycles. The van der Waals surface area contributed by atoms with Crippen molar-refractivity contribution in [3.8, 4) is 5.75 Å². The third-order valence-corrected chi connectivity index (χ3v) is 4.01. The van der Waals surface area contributed by atoms with Crippen LogP contribution in [-0.4, -0.2) is 61.8 Å². The Labute approximate surface area is 119 Å². The zero-order valence-electron chi connectivity index (χ0n) is 12.3. The van der Waals surface area contributed by atoms with Crippen molar-refractivity contribution < 1.29 is 14.2 Å². The molecule has 0 radical (unpaired) electrons. The molecule has 4 nitrogen and oxygen atoms in total. The first-order valence-electron chi connectivity index (χ1n) is 6.93. The van der Waals surface area contributed by atoms with Gasteiger partial charge < -0.3 is 14.7 Å². The van der Waals surface area contributed by atoms with Gasteiger partial charge in [-0.3, -0.25) is 4.90 Å². The maximum atomic E-state index is 14.1. The Morgan fingerprint density at radius 3 is 2.75 bits per heavy atom. The van der Waals surface area contributed by atoms with Gasteiger partial charge >= 0.3 is 0 Å². The lowest BCUT2D eigenvalue weighted by Gasteiger charge is -2.32. The van der Waals surface area contributed by atoms with Crippen LogP contribution in [0, 0.1) is 5.82 Å². The molecule has 1 saturated heterocycles. The molecule has 5 heteroatoms. The number of methoxy groups -OCH3 is 1. The van der Waals surface area contributed by atoms with Crippen LogP contribution in [0.25, 0.3) is 0 Å². The average molecular weight is 282 g/mol. The van der Waals surface area contributed by atoms with Crippen LogP contribution < -0.4 is 4.74 Å². The van der Waals surface area contributed by atoms with Crippen LogP contribution in [-0.2, 0) is 0 Å². The van der Waals surface area contributed by atoms with Crippen LogP contribution in [0.4, 0.5) is 4.39 Å². The molecule has 112 valence electrons. The highest BCUT2D eigenvalue weighted by molar-refractivity contribution is 5.31. The molecule has 20 heavy (non-hydrogen) atoms. The van der Waals surface area contributed by atoms with Crippen molar-refractivity contribution in [3.05, 3.63) is 29.6 Å². The van der Waals surface area contributed by atoms with Gasteiger partial charge in [-0.1, -0.05) is 0 Å². The number of benzene rings is 1. The maximum absolute atomic E-state index is 14.1. The molecule has 0 bridgehead atoms. The lowest BCUT2D eigenvalue weighted by atomic mass is 10.00. The van der Waals surface area contributed by atoms with E-state index in [2.05, 4.69) is 9.80 Å². The summed E-state index contributed by atoms with van der Waals surface area (Å²) in [5.41, 5.74) is 0.331. The van der Waals surface area contributed by atoms with Gasteiger partial charge in [0.15, 0.2) is 0 Å². The summed E-state index contributed by atoms with van der Waals surface area (Å²) in [5.74, 6) is 0.0435. The number of halogens is 1. The largest absolute Gasteiger partial charge is 0.497 e. The second-order valence-corrected chi connectivity index (χ2v) is 5.50. The van der Waals surface area contributed by atoms with E-state index in [0.29, 0.717) is 11.3 Å². The predicted octanol–water partition coefficient (Wildman–Crippen LogP) is 1.50. The van der Waals surface area contributed by atoms with Crippen LogP contribution in [0.2, 0.25) is 0 Å². The van der Waals surface area contributed by atoms with E-state index in [1.165, 1.54) is 13.2 Å². The Morgan fingerprint density at radius 2 is 2.10 bits per heavy atom. The number of nitrogens with zero attached hydrogens (tertiary/aromatic N) is 2. The summed E-state index contributed by atoms with van der Waals surface area (Å²) in [6, 6.07) is 4.50. The molecular formula is C15H23FN2O2. The summed E-state index contributed by atoms with van der Waals surface area (Å²) in [6.07, 6.45) is 0.216. The Hall–Kier alpha value is -1.17. The summed E-state index contributed by atoms with van der Waals surface area (Å²) in [6.45, 7) is 2.63. The van der Waals surface area contributed by atoms with E-state index < -0.39 is 11.9 Å².